The van der Waals surface area contributed by atoms with E-state index in [2.05, 4.69) is 15.0 Å². The van der Waals surface area contributed by atoms with E-state index in [1.165, 1.54) is 0 Å². The van der Waals surface area contributed by atoms with Gasteiger partial charge in [-0.3, -0.25) is 4.90 Å². The summed E-state index contributed by atoms with van der Waals surface area (Å²) in [5, 5.41) is 15.3. The van der Waals surface area contributed by atoms with Crippen LogP contribution < -0.4 is 4.74 Å². The van der Waals surface area contributed by atoms with Crippen molar-refractivity contribution in [2.24, 2.45) is 0 Å². The zero-order valence-corrected chi connectivity index (χ0v) is 15.4. The molecule has 6 heteroatoms. The van der Waals surface area contributed by atoms with Crippen LogP contribution in [0.1, 0.15) is 56.8 Å². The Morgan fingerprint density at radius 2 is 2.08 bits per heavy atom. The zero-order valence-electron chi connectivity index (χ0n) is 15.4. The fourth-order valence-corrected chi connectivity index (χ4v) is 3.51. The first kappa shape index (κ1) is 17.9. The molecular formula is C19H27N3O3. The van der Waals surface area contributed by atoms with Gasteiger partial charge in [-0.1, -0.05) is 31.1 Å². The summed E-state index contributed by atoms with van der Waals surface area (Å²) in [4.78, 5) is 6.71. The fourth-order valence-electron chi connectivity index (χ4n) is 3.51. The molecule has 3 rings (SSSR count). The normalized spacial score (nSPS) is 20.8. The second kappa shape index (κ2) is 7.14. The van der Waals surface area contributed by atoms with Crippen molar-refractivity contribution >= 4 is 0 Å². The maximum atomic E-state index is 11.2. The minimum absolute atomic E-state index is 0.00953. The fraction of sp³-hybridized carbons (Fsp3) is 0.579. The Morgan fingerprint density at radius 1 is 1.36 bits per heavy atom. The van der Waals surface area contributed by atoms with Crippen LogP contribution >= 0.6 is 0 Å². The van der Waals surface area contributed by atoms with Crippen molar-refractivity contribution in [2.45, 2.75) is 57.7 Å². The third-order valence-corrected chi connectivity index (χ3v) is 5.03. The number of aromatic nitrogens is 2. The average molecular weight is 345 g/mol. The Bertz CT molecular complexity index is 694. The first-order valence-corrected chi connectivity index (χ1v) is 8.85. The van der Waals surface area contributed by atoms with E-state index in [1.807, 2.05) is 45.0 Å². The molecule has 0 aliphatic carbocycles. The van der Waals surface area contributed by atoms with Crippen LogP contribution in [-0.4, -0.2) is 39.8 Å². The number of benzene rings is 1. The lowest BCUT2D eigenvalue weighted by atomic mass is 9.86. The van der Waals surface area contributed by atoms with Crippen LogP contribution in [0, 0.1) is 0 Å². The summed E-state index contributed by atoms with van der Waals surface area (Å²) >= 11 is 0. The number of nitrogens with zero attached hydrogens (tertiary/aromatic N) is 3. The van der Waals surface area contributed by atoms with E-state index in [1.54, 1.807) is 7.11 Å². The summed E-state index contributed by atoms with van der Waals surface area (Å²) < 4.78 is 10.6. The number of hydrogen-bond donors (Lipinski definition) is 1. The summed E-state index contributed by atoms with van der Waals surface area (Å²) in [5.74, 6) is 2.37. The second-order valence-electron chi connectivity index (χ2n) is 7.21. The summed E-state index contributed by atoms with van der Waals surface area (Å²) in [5.41, 5.74) is -0.0671. The van der Waals surface area contributed by atoms with Gasteiger partial charge in [0.1, 0.15) is 11.4 Å². The van der Waals surface area contributed by atoms with E-state index in [0.29, 0.717) is 12.4 Å². The lowest BCUT2D eigenvalue weighted by Crippen LogP contribution is -2.45. The van der Waals surface area contributed by atoms with Crippen LogP contribution in [0.2, 0.25) is 0 Å². The average Bonchev–Trinajstić information content (AvgIpc) is 3.25. The van der Waals surface area contributed by atoms with Gasteiger partial charge < -0.3 is 14.4 Å². The van der Waals surface area contributed by atoms with E-state index in [0.717, 1.165) is 36.5 Å². The molecule has 1 aromatic carbocycles. The van der Waals surface area contributed by atoms with Crippen molar-refractivity contribution in [3.05, 3.63) is 41.5 Å². The minimum atomic E-state index is -0.955. The summed E-state index contributed by atoms with van der Waals surface area (Å²) in [7, 11) is 1.64. The molecule has 2 heterocycles. The van der Waals surface area contributed by atoms with Gasteiger partial charge in [-0.05, 0) is 44.0 Å². The molecule has 0 bridgehead atoms. The molecule has 1 aliphatic heterocycles. The molecule has 1 fully saturated rings. The third-order valence-electron chi connectivity index (χ3n) is 5.03. The smallest absolute Gasteiger partial charge is 0.240 e. The number of methoxy groups -OCH3 is 1. The molecule has 1 N–H and O–H groups in total. The lowest BCUT2D eigenvalue weighted by Gasteiger charge is -2.36. The predicted molar refractivity (Wildman–Crippen MR) is 94.4 cm³/mol. The zero-order chi connectivity index (χ0) is 18.0. The molecule has 0 saturated carbocycles. The van der Waals surface area contributed by atoms with Gasteiger partial charge in [0.2, 0.25) is 5.89 Å². The van der Waals surface area contributed by atoms with Crippen LogP contribution in [-0.2, 0) is 12.1 Å². The molecule has 1 aliphatic rings. The monoisotopic (exact) mass is 345 g/mol. The van der Waals surface area contributed by atoms with E-state index < -0.39 is 5.60 Å². The standard InChI is InChI=1S/C19H27N3O3/c1-13(2)18-20-17(25-21-18)12-22-11-5-6-16(22)19(3,23)14-7-9-15(24-4)10-8-14/h7-10,13,16,23H,5-6,11-12H2,1-4H3/t16-,19+/m0/s1. The Kier molecular flexibility index (Phi) is 5.11. The van der Waals surface area contributed by atoms with Crippen molar-refractivity contribution in [1.29, 1.82) is 0 Å². The lowest BCUT2D eigenvalue weighted by molar-refractivity contribution is -0.0278. The van der Waals surface area contributed by atoms with Crippen molar-refractivity contribution in [1.82, 2.24) is 15.0 Å². The molecule has 0 radical (unpaired) electrons. The molecule has 2 aromatic rings. The first-order valence-electron chi connectivity index (χ1n) is 8.85. The summed E-state index contributed by atoms with van der Waals surface area (Å²) in [6.07, 6.45) is 1.98. The number of likely N-dealkylation sites (tertiary alicyclic amines) is 1. The molecule has 0 amide bonds. The third kappa shape index (κ3) is 3.70. The summed E-state index contributed by atoms with van der Waals surface area (Å²) in [6.45, 7) is 7.45. The maximum absolute atomic E-state index is 11.2. The first-order chi connectivity index (χ1) is 11.9. The van der Waals surface area contributed by atoms with Crippen molar-refractivity contribution in [3.63, 3.8) is 0 Å². The molecule has 1 saturated heterocycles. The molecule has 6 nitrogen and oxygen atoms in total. The largest absolute Gasteiger partial charge is 0.497 e. The summed E-state index contributed by atoms with van der Waals surface area (Å²) in [6, 6.07) is 7.64. The van der Waals surface area contributed by atoms with Crippen molar-refractivity contribution < 1.29 is 14.4 Å². The van der Waals surface area contributed by atoms with Crippen LogP contribution in [0.3, 0.4) is 0 Å². The van der Waals surface area contributed by atoms with E-state index >= 15 is 0 Å². The van der Waals surface area contributed by atoms with Crippen LogP contribution in [0.25, 0.3) is 0 Å². The maximum Gasteiger partial charge on any atom is 0.240 e. The SMILES string of the molecule is COc1ccc([C@@](C)(O)[C@@H]2CCCN2Cc2nc(C(C)C)no2)cc1. The molecule has 0 spiro atoms. The molecular weight excluding hydrogens is 318 g/mol. The van der Waals surface area contributed by atoms with Gasteiger partial charge >= 0.3 is 0 Å². The second-order valence-corrected chi connectivity index (χ2v) is 7.21. The van der Waals surface area contributed by atoms with Crippen molar-refractivity contribution in [2.75, 3.05) is 13.7 Å². The van der Waals surface area contributed by atoms with Gasteiger partial charge in [-0.15, -0.1) is 0 Å². The van der Waals surface area contributed by atoms with E-state index in [9.17, 15) is 5.11 Å². The Hall–Kier alpha value is -1.92. The Labute approximate surface area is 148 Å². The highest BCUT2D eigenvalue weighted by Gasteiger charge is 2.41. The van der Waals surface area contributed by atoms with Gasteiger partial charge in [0, 0.05) is 12.0 Å². The highest BCUT2D eigenvalue weighted by molar-refractivity contribution is 5.31. The molecule has 0 unspecified atom stereocenters. The van der Waals surface area contributed by atoms with Gasteiger partial charge in [-0.2, -0.15) is 4.98 Å². The van der Waals surface area contributed by atoms with Crippen LogP contribution in [0.4, 0.5) is 0 Å². The van der Waals surface area contributed by atoms with Gasteiger partial charge in [0.25, 0.3) is 0 Å². The number of ether oxygens (including phenoxy) is 1. The Balaban J connectivity index is 1.76. The minimum Gasteiger partial charge on any atom is -0.497 e. The predicted octanol–water partition coefficient (Wildman–Crippen LogP) is 3.07. The highest BCUT2D eigenvalue weighted by atomic mass is 16.5. The molecule has 136 valence electrons. The van der Waals surface area contributed by atoms with Gasteiger partial charge in [0.05, 0.1) is 13.7 Å². The molecule has 25 heavy (non-hydrogen) atoms. The highest BCUT2D eigenvalue weighted by Crippen LogP contribution is 2.36. The van der Waals surface area contributed by atoms with Crippen LogP contribution in [0.15, 0.2) is 28.8 Å². The molecule has 2 atom stereocenters. The molecule has 1 aromatic heterocycles. The van der Waals surface area contributed by atoms with Crippen molar-refractivity contribution in [3.8, 4) is 5.75 Å². The van der Waals surface area contributed by atoms with Gasteiger partial charge in [0.15, 0.2) is 5.82 Å². The quantitative estimate of drug-likeness (QED) is 0.867. The van der Waals surface area contributed by atoms with E-state index in [-0.39, 0.29) is 12.0 Å². The van der Waals surface area contributed by atoms with Gasteiger partial charge in [-0.25, -0.2) is 0 Å². The number of hydrogen-bond acceptors (Lipinski definition) is 6. The topological polar surface area (TPSA) is 71.6 Å². The number of rotatable bonds is 6. The van der Waals surface area contributed by atoms with E-state index in [4.69, 9.17) is 9.26 Å². The van der Waals surface area contributed by atoms with Crippen LogP contribution in [0.5, 0.6) is 5.75 Å². The number of aliphatic hydroxyl groups is 1. The Morgan fingerprint density at radius 3 is 2.68 bits per heavy atom.